The Labute approximate surface area is 93.3 Å². The van der Waals surface area contributed by atoms with E-state index >= 15 is 0 Å². The number of rotatable bonds is 3. The molecule has 1 aliphatic rings. The van der Waals surface area contributed by atoms with Gasteiger partial charge in [-0.2, -0.15) is 0 Å². The van der Waals surface area contributed by atoms with E-state index in [4.69, 9.17) is 0 Å². The van der Waals surface area contributed by atoms with Crippen molar-refractivity contribution in [2.75, 3.05) is 13.1 Å². The Morgan fingerprint density at radius 2 is 2.25 bits per heavy atom. The molecule has 2 N–H and O–H groups in total. The van der Waals surface area contributed by atoms with Crippen LogP contribution in [-0.4, -0.2) is 24.2 Å². The second-order valence-electron chi connectivity index (χ2n) is 4.28. The maximum Gasteiger partial charge on any atom is 0.311 e. The Morgan fingerprint density at radius 3 is 2.81 bits per heavy atom. The minimum Gasteiger partial charge on any atom is -0.481 e. The largest absolute Gasteiger partial charge is 0.481 e. The lowest BCUT2D eigenvalue weighted by Gasteiger charge is -2.23. The van der Waals surface area contributed by atoms with Crippen LogP contribution in [0.5, 0.6) is 0 Å². The smallest absolute Gasteiger partial charge is 0.311 e. The first-order valence-corrected chi connectivity index (χ1v) is 5.32. The topological polar surface area (TPSA) is 49.3 Å². The molecule has 0 spiro atoms. The summed E-state index contributed by atoms with van der Waals surface area (Å²) >= 11 is 0. The van der Waals surface area contributed by atoms with Crippen LogP contribution in [0.3, 0.4) is 0 Å². The summed E-state index contributed by atoms with van der Waals surface area (Å²) in [6.45, 7) is 1.09. The van der Waals surface area contributed by atoms with E-state index in [2.05, 4.69) is 5.32 Å². The normalized spacial score (nSPS) is 24.6. The van der Waals surface area contributed by atoms with E-state index in [1.54, 1.807) is 18.2 Å². The highest BCUT2D eigenvalue weighted by Crippen LogP contribution is 2.31. The molecule has 16 heavy (non-hydrogen) atoms. The van der Waals surface area contributed by atoms with Crippen molar-refractivity contribution < 1.29 is 14.3 Å². The first-order valence-electron chi connectivity index (χ1n) is 5.32. The van der Waals surface area contributed by atoms with Crippen LogP contribution in [0.15, 0.2) is 24.3 Å². The highest BCUT2D eigenvalue weighted by atomic mass is 19.1. The fourth-order valence-electron chi connectivity index (χ4n) is 2.16. The molecule has 0 aliphatic carbocycles. The van der Waals surface area contributed by atoms with Gasteiger partial charge < -0.3 is 10.4 Å². The average molecular weight is 223 g/mol. The number of hydrogen-bond donors (Lipinski definition) is 2. The lowest BCUT2D eigenvalue weighted by molar-refractivity contribution is -0.147. The van der Waals surface area contributed by atoms with Crippen LogP contribution in [0.25, 0.3) is 0 Å². The van der Waals surface area contributed by atoms with Crippen molar-refractivity contribution in [3.05, 3.63) is 35.6 Å². The molecule has 1 saturated heterocycles. The van der Waals surface area contributed by atoms with Crippen molar-refractivity contribution in [1.29, 1.82) is 0 Å². The Morgan fingerprint density at radius 1 is 1.50 bits per heavy atom. The van der Waals surface area contributed by atoms with Crippen molar-refractivity contribution in [1.82, 2.24) is 5.32 Å². The number of aliphatic carboxylic acids is 1. The zero-order valence-electron chi connectivity index (χ0n) is 8.87. The Balaban J connectivity index is 2.25. The van der Waals surface area contributed by atoms with Gasteiger partial charge in [0, 0.05) is 6.54 Å². The van der Waals surface area contributed by atoms with E-state index in [1.165, 1.54) is 6.07 Å². The Kier molecular flexibility index (Phi) is 2.92. The molecule has 1 aliphatic heterocycles. The van der Waals surface area contributed by atoms with Crippen LogP contribution < -0.4 is 5.32 Å². The molecule has 0 aromatic heterocycles. The standard InChI is InChI=1S/C12H14FNO2/c13-10-4-2-1-3-9(10)7-12(11(15)16)5-6-14-8-12/h1-4,14H,5-8H2,(H,15,16). The van der Waals surface area contributed by atoms with Gasteiger partial charge in [-0.25, -0.2) is 4.39 Å². The molecule has 1 aromatic carbocycles. The molecule has 1 fully saturated rings. The molecule has 1 heterocycles. The molecule has 0 radical (unpaired) electrons. The zero-order valence-corrected chi connectivity index (χ0v) is 8.87. The van der Waals surface area contributed by atoms with Crippen molar-refractivity contribution in [2.45, 2.75) is 12.8 Å². The second-order valence-corrected chi connectivity index (χ2v) is 4.28. The molecular formula is C12H14FNO2. The van der Waals surface area contributed by atoms with E-state index in [0.717, 1.165) is 0 Å². The van der Waals surface area contributed by atoms with Crippen LogP contribution in [0.2, 0.25) is 0 Å². The van der Waals surface area contributed by atoms with Gasteiger partial charge in [-0.05, 0) is 31.0 Å². The molecule has 3 nitrogen and oxygen atoms in total. The molecule has 0 bridgehead atoms. The average Bonchev–Trinajstić information content (AvgIpc) is 2.71. The number of halogens is 1. The summed E-state index contributed by atoms with van der Waals surface area (Å²) in [6, 6.07) is 6.36. The molecule has 0 saturated carbocycles. The molecule has 1 atom stereocenters. The third-order valence-electron chi connectivity index (χ3n) is 3.18. The van der Waals surface area contributed by atoms with Gasteiger partial charge >= 0.3 is 5.97 Å². The third kappa shape index (κ3) is 1.93. The van der Waals surface area contributed by atoms with Gasteiger partial charge in [0.2, 0.25) is 0 Å². The van der Waals surface area contributed by atoms with Gasteiger partial charge in [-0.1, -0.05) is 18.2 Å². The van der Waals surface area contributed by atoms with Gasteiger partial charge in [0.1, 0.15) is 5.82 Å². The van der Waals surface area contributed by atoms with Crippen molar-refractivity contribution in [3.63, 3.8) is 0 Å². The van der Waals surface area contributed by atoms with Gasteiger partial charge in [-0.3, -0.25) is 4.79 Å². The maximum absolute atomic E-state index is 13.5. The van der Waals surface area contributed by atoms with Crippen LogP contribution in [-0.2, 0) is 11.2 Å². The summed E-state index contributed by atoms with van der Waals surface area (Å²) < 4.78 is 13.5. The maximum atomic E-state index is 13.5. The van der Waals surface area contributed by atoms with E-state index in [0.29, 0.717) is 25.1 Å². The number of hydrogen-bond acceptors (Lipinski definition) is 2. The minimum atomic E-state index is -0.847. The van der Waals surface area contributed by atoms with E-state index in [-0.39, 0.29) is 12.2 Å². The fraction of sp³-hybridized carbons (Fsp3) is 0.417. The van der Waals surface area contributed by atoms with Crippen molar-refractivity contribution in [3.8, 4) is 0 Å². The predicted molar refractivity (Wildman–Crippen MR) is 57.7 cm³/mol. The highest BCUT2D eigenvalue weighted by Gasteiger charge is 2.41. The van der Waals surface area contributed by atoms with Crippen LogP contribution in [0.4, 0.5) is 4.39 Å². The van der Waals surface area contributed by atoms with E-state index < -0.39 is 11.4 Å². The van der Waals surface area contributed by atoms with Crippen molar-refractivity contribution in [2.24, 2.45) is 5.41 Å². The van der Waals surface area contributed by atoms with Crippen LogP contribution in [0, 0.1) is 11.2 Å². The summed E-state index contributed by atoms with van der Waals surface area (Å²) in [4.78, 5) is 11.3. The predicted octanol–water partition coefficient (Wildman–Crippen LogP) is 1.43. The number of benzene rings is 1. The lowest BCUT2D eigenvalue weighted by atomic mass is 9.81. The number of carbonyl (C=O) groups is 1. The molecule has 1 aromatic rings. The summed E-state index contributed by atoms with van der Waals surface area (Å²) in [5.41, 5.74) is -0.365. The first kappa shape index (κ1) is 11.1. The Hall–Kier alpha value is -1.42. The van der Waals surface area contributed by atoms with Crippen molar-refractivity contribution >= 4 is 5.97 Å². The van der Waals surface area contributed by atoms with Gasteiger partial charge in [0.15, 0.2) is 0 Å². The highest BCUT2D eigenvalue weighted by molar-refractivity contribution is 5.76. The fourth-order valence-corrected chi connectivity index (χ4v) is 2.16. The van der Waals surface area contributed by atoms with Gasteiger partial charge in [0.05, 0.1) is 5.41 Å². The summed E-state index contributed by atoms with van der Waals surface area (Å²) in [5, 5.41) is 12.3. The van der Waals surface area contributed by atoms with Crippen LogP contribution >= 0.6 is 0 Å². The summed E-state index contributed by atoms with van der Waals surface area (Å²) in [6.07, 6.45) is 0.804. The summed E-state index contributed by atoms with van der Waals surface area (Å²) in [5.74, 6) is -1.17. The molecule has 86 valence electrons. The molecule has 4 heteroatoms. The number of carboxylic acids is 1. The van der Waals surface area contributed by atoms with E-state index in [9.17, 15) is 14.3 Å². The number of carboxylic acid groups (broad SMARTS) is 1. The molecular weight excluding hydrogens is 209 g/mol. The van der Waals surface area contributed by atoms with Gasteiger partial charge in [-0.15, -0.1) is 0 Å². The SMILES string of the molecule is O=C(O)C1(Cc2ccccc2F)CCNC1. The van der Waals surface area contributed by atoms with Crippen LogP contribution in [0.1, 0.15) is 12.0 Å². The number of nitrogens with one attached hydrogen (secondary N) is 1. The lowest BCUT2D eigenvalue weighted by Crippen LogP contribution is -2.35. The quantitative estimate of drug-likeness (QED) is 0.815. The second kappa shape index (κ2) is 4.22. The molecule has 0 amide bonds. The van der Waals surface area contributed by atoms with E-state index in [1.807, 2.05) is 0 Å². The van der Waals surface area contributed by atoms with Gasteiger partial charge in [0.25, 0.3) is 0 Å². The molecule has 2 rings (SSSR count). The summed E-state index contributed by atoms with van der Waals surface area (Å²) in [7, 11) is 0. The third-order valence-corrected chi connectivity index (χ3v) is 3.18. The monoisotopic (exact) mass is 223 g/mol. The molecule has 1 unspecified atom stereocenters. The Bertz CT molecular complexity index is 400. The minimum absolute atomic E-state index is 0.252. The zero-order chi connectivity index (χ0) is 11.6. The first-order chi connectivity index (χ1) is 7.64.